The molecular weight excluding hydrogens is 668 g/mol. The minimum absolute atomic E-state index is 0.0862. The lowest BCUT2D eigenvalue weighted by Gasteiger charge is -2.28. The number of carbonyl (C=O) groups excluding carboxylic acids is 1. The van der Waals surface area contributed by atoms with Crippen molar-refractivity contribution in [3.63, 3.8) is 0 Å². The summed E-state index contributed by atoms with van der Waals surface area (Å²) in [5, 5.41) is 57.7. The summed E-state index contributed by atoms with van der Waals surface area (Å²) in [7, 11) is -3.31. The van der Waals surface area contributed by atoms with E-state index in [-0.39, 0.29) is 18.9 Å². The quantitative estimate of drug-likeness (QED) is 0.0485. The first-order valence-electron chi connectivity index (χ1n) is 17.8. The maximum Gasteiger partial charge on any atom is 0.489 e. The number of aryl methyl sites for hydroxylation is 2. The lowest BCUT2D eigenvalue weighted by molar-refractivity contribution is -0.137. The molecule has 0 fully saturated rings. The van der Waals surface area contributed by atoms with Gasteiger partial charge in [-0.1, -0.05) is 103 Å². The van der Waals surface area contributed by atoms with Crippen LogP contribution in [0.3, 0.4) is 0 Å². The molecule has 0 saturated carbocycles. The monoisotopic (exact) mass is 715 g/mol. The molecule has 10 nitrogen and oxygen atoms in total. The van der Waals surface area contributed by atoms with Crippen LogP contribution in [0.25, 0.3) is 21.5 Å². The van der Waals surface area contributed by atoms with Gasteiger partial charge >= 0.3 is 20.2 Å². The molecule has 5 rings (SSSR count). The SMILES string of the molecule is C=C(C)C(=O)NCCN(Cc1cccc(C)c1B(O)O)Cc1c2ccccc2c(CN(CCC(=O)O)Cc2cccc(C)c2B(O)O)c2ccccc12. The molecule has 0 aliphatic carbocycles. The first kappa shape index (κ1) is 39.4. The summed E-state index contributed by atoms with van der Waals surface area (Å²) < 4.78 is 0. The molecule has 0 heterocycles. The van der Waals surface area contributed by atoms with Gasteiger partial charge in [-0.15, -0.1) is 0 Å². The number of rotatable bonds is 17. The van der Waals surface area contributed by atoms with E-state index in [1.54, 1.807) is 6.92 Å². The number of fused-ring (bicyclic) bond motifs is 2. The Balaban J connectivity index is 1.60. The van der Waals surface area contributed by atoms with Crippen LogP contribution in [0.5, 0.6) is 0 Å². The van der Waals surface area contributed by atoms with Crippen LogP contribution in [0.2, 0.25) is 0 Å². The van der Waals surface area contributed by atoms with Gasteiger partial charge in [-0.2, -0.15) is 0 Å². The van der Waals surface area contributed by atoms with Crippen molar-refractivity contribution in [3.05, 3.63) is 130 Å². The highest BCUT2D eigenvalue weighted by atomic mass is 16.4. The predicted molar refractivity (Wildman–Crippen MR) is 212 cm³/mol. The molecule has 0 unspecified atom stereocenters. The van der Waals surface area contributed by atoms with Crippen LogP contribution in [-0.2, 0) is 35.8 Å². The Morgan fingerprint density at radius 2 is 1.06 bits per heavy atom. The van der Waals surface area contributed by atoms with Gasteiger partial charge in [0.05, 0.1) is 6.42 Å². The number of benzene rings is 5. The molecule has 0 spiro atoms. The fraction of sp³-hybridized carbons (Fsp3) is 0.268. The summed E-state index contributed by atoms with van der Waals surface area (Å²) in [6, 6.07) is 27.4. The van der Waals surface area contributed by atoms with Gasteiger partial charge in [0, 0.05) is 51.4 Å². The van der Waals surface area contributed by atoms with Crippen LogP contribution >= 0.6 is 0 Å². The third kappa shape index (κ3) is 9.60. The van der Waals surface area contributed by atoms with E-state index in [1.807, 2.05) is 79.4 Å². The Labute approximate surface area is 311 Å². The fourth-order valence-electron chi connectivity index (χ4n) is 7.24. The molecule has 0 bridgehead atoms. The summed E-state index contributed by atoms with van der Waals surface area (Å²) in [6.45, 7) is 11.7. The minimum atomic E-state index is -1.66. The van der Waals surface area contributed by atoms with Crippen molar-refractivity contribution < 1.29 is 34.8 Å². The van der Waals surface area contributed by atoms with E-state index >= 15 is 0 Å². The van der Waals surface area contributed by atoms with Gasteiger partial charge in [-0.25, -0.2) is 0 Å². The van der Waals surface area contributed by atoms with Crippen molar-refractivity contribution in [2.24, 2.45) is 0 Å². The molecule has 0 atom stereocenters. The van der Waals surface area contributed by atoms with E-state index in [0.29, 0.717) is 61.3 Å². The van der Waals surface area contributed by atoms with Crippen molar-refractivity contribution in [1.82, 2.24) is 15.1 Å². The lowest BCUT2D eigenvalue weighted by atomic mass is 9.74. The Hall–Kier alpha value is -4.81. The van der Waals surface area contributed by atoms with Gasteiger partial charge in [0.25, 0.3) is 0 Å². The van der Waals surface area contributed by atoms with Crippen LogP contribution in [0, 0.1) is 13.8 Å². The molecule has 5 aromatic carbocycles. The number of nitrogens with zero attached hydrogens (tertiary/aromatic N) is 2. The van der Waals surface area contributed by atoms with E-state index in [0.717, 1.165) is 49.4 Å². The van der Waals surface area contributed by atoms with Crippen LogP contribution in [0.4, 0.5) is 0 Å². The molecule has 274 valence electrons. The zero-order valence-corrected chi connectivity index (χ0v) is 30.5. The minimum Gasteiger partial charge on any atom is -0.481 e. The zero-order chi connectivity index (χ0) is 38.2. The molecule has 5 aromatic rings. The van der Waals surface area contributed by atoms with Gasteiger partial charge in [0.1, 0.15) is 0 Å². The maximum absolute atomic E-state index is 12.4. The largest absolute Gasteiger partial charge is 0.489 e. The standard InChI is InChI=1S/C41H47B2N3O7/c1-27(2)41(49)44-20-22-46(24-31-14-10-12-29(4)40(31)43(52)53)26-37-34-17-7-5-15-32(34)36(33-16-6-8-18-35(33)37)25-45(21-19-38(47)48)23-30-13-9-11-28(3)39(30)42(50)51/h5-18,50-53H,1,19-26H2,2-4H3,(H,44,49)(H,47,48). The molecule has 1 amide bonds. The summed E-state index contributed by atoms with van der Waals surface area (Å²) in [4.78, 5) is 28.4. The number of nitrogens with one attached hydrogen (secondary N) is 1. The Morgan fingerprint density at radius 3 is 1.43 bits per heavy atom. The highest BCUT2D eigenvalue weighted by molar-refractivity contribution is 6.60. The van der Waals surface area contributed by atoms with Crippen molar-refractivity contribution in [1.29, 1.82) is 0 Å². The topological polar surface area (TPSA) is 154 Å². The Bertz CT molecular complexity index is 2060. The van der Waals surface area contributed by atoms with E-state index in [2.05, 4.69) is 41.1 Å². The van der Waals surface area contributed by atoms with Crippen LogP contribution in [0.1, 0.15) is 46.7 Å². The van der Waals surface area contributed by atoms with E-state index in [9.17, 15) is 34.8 Å². The molecule has 0 radical (unpaired) electrons. The summed E-state index contributed by atoms with van der Waals surface area (Å²) >= 11 is 0. The average Bonchev–Trinajstić information content (AvgIpc) is 3.11. The third-order valence-corrected chi connectivity index (χ3v) is 9.79. The van der Waals surface area contributed by atoms with Gasteiger partial charge < -0.3 is 30.5 Å². The zero-order valence-electron chi connectivity index (χ0n) is 30.5. The average molecular weight is 715 g/mol. The maximum atomic E-state index is 12.4. The Morgan fingerprint density at radius 1 is 0.642 bits per heavy atom. The number of aliphatic carboxylic acids is 1. The van der Waals surface area contributed by atoms with Gasteiger partial charge in [-0.05, 0) is 75.5 Å². The van der Waals surface area contributed by atoms with Gasteiger partial charge in [0.15, 0.2) is 0 Å². The number of hydrogen-bond donors (Lipinski definition) is 6. The van der Waals surface area contributed by atoms with E-state index < -0.39 is 20.2 Å². The van der Waals surface area contributed by atoms with Crippen molar-refractivity contribution >= 4 is 58.6 Å². The number of carbonyl (C=O) groups is 2. The molecule has 0 aromatic heterocycles. The fourth-order valence-corrected chi connectivity index (χ4v) is 7.24. The number of carboxylic acids is 1. The molecule has 53 heavy (non-hydrogen) atoms. The second kappa shape index (κ2) is 17.8. The van der Waals surface area contributed by atoms with Gasteiger partial charge in [0.2, 0.25) is 5.91 Å². The number of amides is 1. The van der Waals surface area contributed by atoms with Crippen molar-refractivity contribution in [2.45, 2.75) is 53.4 Å². The normalized spacial score (nSPS) is 11.4. The summed E-state index contributed by atoms with van der Waals surface area (Å²) in [6.07, 6.45) is -0.0862. The van der Waals surface area contributed by atoms with E-state index in [4.69, 9.17) is 0 Å². The van der Waals surface area contributed by atoms with E-state index in [1.165, 1.54) is 0 Å². The Kier molecular flexibility index (Phi) is 13.2. The molecule has 0 aliphatic heterocycles. The van der Waals surface area contributed by atoms with Crippen LogP contribution in [0.15, 0.2) is 97.1 Å². The summed E-state index contributed by atoms with van der Waals surface area (Å²) in [5.74, 6) is -1.15. The number of hydrogen-bond acceptors (Lipinski definition) is 8. The highest BCUT2D eigenvalue weighted by Gasteiger charge is 2.24. The van der Waals surface area contributed by atoms with Crippen LogP contribution in [-0.4, -0.2) is 80.7 Å². The van der Waals surface area contributed by atoms with Crippen molar-refractivity contribution in [2.75, 3.05) is 19.6 Å². The highest BCUT2D eigenvalue weighted by Crippen LogP contribution is 2.35. The van der Waals surface area contributed by atoms with Gasteiger partial charge in [-0.3, -0.25) is 19.4 Å². The molecule has 12 heteroatoms. The first-order chi connectivity index (χ1) is 25.3. The predicted octanol–water partition coefficient (Wildman–Crippen LogP) is 3.14. The summed E-state index contributed by atoms with van der Waals surface area (Å²) in [5.41, 5.74) is 6.38. The third-order valence-electron chi connectivity index (χ3n) is 9.79. The molecule has 0 saturated heterocycles. The van der Waals surface area contributed by atoms with Crippen LogP contribution < -0.4 is 16.2 Å². The smallest absolute Gasteiger partial charge is 0.481 e. The van der Waals surface area contributed by atoms with Crippen molar-refractivity contribution in [3.8, 4) is 0 Å². The second-order valence-corrected chi connectivity index (χ2v) is 13.7. The lowest BCUT2D eigenvalue weighted by Crippen LogP contribution is -2.39. The molecule has 6 N–H and O–H groups in total. The second-order valence-electron chi connectivity index (χ2n) is 13.7. The molecular formula is C41H47B2N3O7. The first-order valence-corrected chi connectivity index (χ1v) is 17.8. The molecule has 0 aliphatic rings. The number of carboxylic acid groups (broad SMARTS) is 1.